The summed E-state index contributed by atoms with van der Waals surface area (Å²) in [6.07, 6.45) is 1.74. The van der Waals surface area contributed by atoms with Gasteiger partial charge in [0.1, 0.15) is 11.6 Å². The number of imidazole rings is 2. The summed E-state index contributed by atoms with van der Waals surface area (Å²) in [6, 6.07) is 13.9. The Hall–Kier alpha value is -5.02. The zero-order valence-corrected chi connectivity index (χ0v) is 30.8. The predicted octanol–water partition coefficient (Wildman–Crippen LogP) is 2.86. The van der Waals surface area contributed by atoms with Gasteiger partial charge in [-0.05, 0) is 35.4 Å². The van der Waals surface area contributed by atoms with Gasteiger partial charge in [-0.3, -0.25) is 27.9 Å². The van der Waals surface area contributed by atoms with E-state index in [0.29, 0.717) is 39.9 Å². The van der Waals surface area contributed by atoms with E-state index in [1.807, 2.05) is 13.8 Å². The van der Waals surface area contributed by atoms with Gasteiger partial charge in [-0.25, -0.2) is 19.6 Å². The van der Waals surface area contributed by atoms with Crippen LogP contribution in [0, 0.1) is 0 Å². The average Bonchev–Trinajstić information content (AvgIpc) is 3.66. The smallest absolute Gasteiger partial charge is 0.333 e. The molecule has 0 radical (unpaired) electrons. The number of halogens is 2. The molecule has 0 aliphatic carbocycles. The Bertz CT molecular complexity index is 2490. The van der Waals surface area contributed by atoms with E-state index in [2.05, 4.69) is 16.5 Å². The van der Waals surface area contributed by atoms with Crippen molar-refractivity contribution in [2.75, 3.05) is 6.61 Å². The summed E-state index contributed by atoms with van der Waals surface area (Å²) < 4.78 is 8.49. The van der Waals surface area contributed by atoms with Crippen molar-refractivity contribution in [2.24, 2.45) is 14.1 Å². The fourth-order valence-electron chi connectivity index (χ4n) is 6.00. The van der Waals surface area contributed by atoms with Crippen LogP contribution in [0.1, 0.15) is 36.6 Å². The van der Waals surface area contributed by atoms with Gasteiger partial charge in [0.05, 0.1) is 32.3 Å². The van der Waals surface area contributed by atoms with Crippen LogP contribution in [0.3, 0.4) is 0 Å². The number of benzene rings is 2. The van der Waals surface area contributed by atoms with Crippen molar-refractivity contribution in [2.45, 2.75) is 59.0 Å². The molecule has 2 aromatic carbocycles. The zero-order valence-electron chi connectivity index (χ0n) is 29.3. The molecule has 0 spiro atoms. The van der Waals surface area contributed by atoms with Gasteiger partial charge in [0.2, 0.25) is 0 Å². The zero-order chi connectivity index (χ0) is 37.9. The molecule has 4 heterocycles. The Morgan fingerprint density at radius 3 is 1.50 bits per heavy atom. The topological polar surface area (TPSA) is 164 Å². The number of aliphatic hydroxyl groups excluding tert-OH is 2. The van der Waals surface area contributed by atoms with Crippen LogP contribution in [0.5, 0.6) is 0 Å². The van der Waals surface area contributed by atoms with Crippen LogP contribution < -0.4 is 22.5 Å². The minimum Gasteiger partial charge on any atom is -0.394 e. The van der Waals surface area contributed by atoms with Crippen molar-refractivity contribution in [3.05, 3.63) is 136 Å². The average molecular weight is 752 g/mol. The Kier molecular flexibility index (Phi) is 11.8. The van der Waals surface area contributed by atoms with Crippen LogP contribution in [0.2, 0.25) is 10.0 Å². The number of fused-ring (bicyclic) bond motifs is 2. The standard InChI is InChI=1S/C18H21ClN4O4.C18H19ClN4O2/c1-3-14-20-16-15(21(14)2)17(26)23(8-11-4-6-12(19)7-5-11)18(27)22(16)9-13(25)10-24;1-4-10-22-16-15(21(3)14(5-2)20-16)17(24)23(18(22)25)11-12-6-8-13(19)9-7-12/h4-7,13,24-25H,3,8-10H2,1-2H3;4,6-9H,1,5,10-11H2,2-3H3. The van der Waals surface area contributed by atoms with Gasteiger partial charge >= 0.3 is 11.4 Å². The third kappa shape index (κ3) is 7.46. The van der Waals surface area contributed by atoms with Gasteiger partial charge in [0.25, 0.3) is 11.1 Å². The van der Waals surface area contributed by atoms with E-state index in [9.17, 15) is 29.4 Å². The maximum atomic E-state index is 13.0. The highest BCUT2D eigenvalue weighted by molar-refractivity contribution is 6.30. The fraction of sp³-hybridized carbons (Fsp3) is 0.333. The van der Waals surface area contributed by atoms with Gasteiger partial charge in [-0.2, -0.15) is 0 Å². The predicted molar refractivity (Wildman–Crippen MR) is 202 cm³/mol. The molecule has 4 aromatic heterocycles. The Morgan fingerprint density at radius 1 is 0.712 bits per heavy atom. The van der Waals surface area contributed by atoms with Crippen molar-refractivity contribution in [3.8, 4) is 0 Å². The normalized spacial score (nSPS) is 11.9. The maximum absolute atomic E-state index is 13.0. The van der Waals surface area contributed by atoms with Crippen molar-refractivity contribution < 1.29 is 10.2 Å². The number of aliphatic hydroxyl groups is 2. The van der Waals surface area contributed by atoms with Gasteiger partial charge < -0.3 is 19.3 Å². The first kappa shape index (κ1) is 38.2. The lowest BCUT2D eigenvalue weighted by molar-refractivity contribution is 0.0806. The summed E-state index contributed by atoms with van der Waals surface area (Å²) >= 11 is 11.8. The first-order chi connectivity index (χ1) is 24.8. The molecule has 2 N–H and O–H groups in total. The van der Waals surface area contributed by atoms with Gasteiger partial charge in [0.15, 0.2) is 22.3 Å². The lowest BCUT2D eigenvalue weighted by Gasteiger charge is -2.14. The van der Waals surface area contributed by atoms with Crippen LogP contribution in [0.4, 0.5) is 0 Å². The van der Waals surface area contributed by atoms with E-state index in [4.69, 9.17) is 23.2 Å². The van der Waals surface area contributed by atoms with E-state index < -0.39 is 29.6 Å². The van der Waals surface area contributed by atoms with E-state index in [1.165, 1.54) is 13.7 Å². The molecule has 0 saturated heterocycles. The Labute approximate surface area is 307 Å². The second kappa shape index (κ2) is 16.1. The highest BCUT2D eigenvalue weighted by Crippen LogP contribution is 2.15. The molecule has 14 nitrogen and oxygen atoms in total. The van der Waals surface area contributed by atoms with E-state index in [1.54, 1.807) is 77.8 Å². The minimum atomic E-state index is -1.14. The number of rotatable bonds is 11. The molecule has 0 aliphatic heterocycles. The van der Waals surface area contributed by atoms with Crippen LogP contribution in [-0.4, -0.2) is 60.3 Å². The summed E-state index contributed by atoms with van der Waals surface area (Å²) in [7, 11) is 3.52. The van der Waals surface area contributed by atoms with Crippen molar-refractivity contribution >= 4 is 45.5 Å². The molecule has 52 heavy (non-hydrogen) atoms. The molecule has 0 fully saturated rings. The monoisotopic (exact) mass is 750 g/mol. The molecule has 1 unspecified atom stereocenters. The quantitative estimate of drug-likeness (QED) is 0.191. The Balaban J connectivity index is 0.000000202. The van der Waals surface area contributed by atoms with Crippen LogP contribution >= 0.6 is 23.2 Å². The second-order valence-electron chi connectivity index (χ2n) is 12.2. The molecule has 0 saturated carbocycles. The summed E-state index contributed by atoms with van der Waals surface area (Å²) in [5, 5.41) is 20.2. The van der Waals surface area contributed by atoms with E-state index in [-0.39, 0.29) is 42.9 Å². The molecular weight excluding hydrogens is 711 g/mol. The third-order valence-corrected chi connectivity index (χ3v) is 9.23. The van der Waals surface area contributed by atoms with Gasteiger partial charge in [-0.15, -0.1) is 6.58 Å². The van der Waals surface area contributed by atoms with Crippen LogP contribution in [0.25, 0.3) is 22.3 Å². The van der Waals surface area contributed by atoms with Crippen LogP contribution in [-0.2, 0) is 53.1 Å². The molecule has 16 heteroatoms. The van der Waals surface area contributed by atoms with E-state index in [0.717, 1.165) is 21.5 Å². The second-order valence-corrected chi connectivity index (χ2v) is 13.0. The van der Waals surface area contributed by atoms with Crippen molar-refractivity contribution in [1.82, 2.24) is 37.4 Å². The molecule has 0 amide bonds. The summed E-state index contributed by atoms with van der Waals surface area (Å²) in [5.41, 5.74) is 1.11. The minimum absolute atomic E-state index is 0.0621. The first-order valence-corrected chi connectivity index (χ1v) is 17.4. The summed E-state index contributed by atoms with van der Waals surface area (Å²) in [4.78, 5) is 60.7. The number of allylic oxidation sites excluding steroid dienone is 1. The molecule has 274 valence electrons. The number of aromatic nitrogens is 8. The first-order valence-electron chi connectivity index (χ1n) is 16.6. The number of hydrogen-bond donors (Lipinski definition) is 2. The molecule has 0 aliphatic rings. The summed E-state index contributed by atoms with van der Waals surface area (Å²) in [6.45, 7) is 7.43. The summed E-state index contributed by atoms with van der Waals surface area (Å²) in [5.74, 6) is 1.41. The van der Waals surface area contributed by atoms with Crippen molar-refractivity contribution in [1.29, 1.82) is 0 Å². The molecular formula is C36H40Cl2N8O6. The lowest BCUT2D eigenvalue weighted by atomic mass is 10.2. The number of aryl methyl sites for hydroxylation is 4. The number of nitrogens with zero attached hydrogens (tertiary/aromatic N) is 8. The van der Waals surface area contributed by atoms with Crippen LogP contribution in [0.15, 0.2) is 80.4 Å². The maximum Gasteiger partial charge on any atom is 0.333 e. The SMILES string of the molecule is C=CCn1c(=O)n(Cc2ccc(Cl)cc2)c(=O)c2c1nc(CC)n2C.CCc1nc2c(c(=O)n(Cc3ccc(Cl)cc3)c(=O)n2CC(O)CO)n1C. The van der Waals surface area contributed by atoms with E-state index >= 15 is 0 Å². The molecule has 6 aromatic rings. The fourth-order valence-corrected chi connectivity index (χ4v) is 6.25. The van der Waals surface area contributed by atoms with Gasteiger partial charge in [0, 0.05) is 43.5 Å². The van der Waals surface area contributed by atoms with Crippen molar-refractivity contribution in [3.63, 3.8) is 0 Å². The largest absolute Gasteiger partial charge is 0.394 e. The highest BCUT2D eigenvalue weighted by atomic mass is 35.5. The highest BCUT2D eigenvalue weighted by Gasteiger charge is 2.22. The lowest BCUT2D eigenvalue weighted by Crippen LogP contribution is -2.42. The number of hydrogen-bond acceptors (Lipinski definition) is 8. The molecule has 0 bridgehead atoms. The Morgan fingerprint density at radius 2 is 1.12 bits per heavy atom. The third-order valence-electron chi connectivity index (χ3n) is 8.73. The molecule has 1 atom stereocenters. The molecule has 6 rings (SSSR count). The van der Waals surface area contributed by atoms with Gasteiger partial charge in [-0.1, -0.05) is 67.4 Å².